The number of carbonyl (C=O) groups is 5. The van der Waals surface area contributed by atoms with Gasteiger partial charge in [-0.2, -0.15) is 0 Å². The fourth-order valence-corrected chi connectivity index (χ4v) is 6.10. The van der Waals surface area contributed by atoms with Crippen molar-refractivity contribution >= 4 is 38.3 Å². The van der Waals surface area contributed by atoms with E-state index in [2.05, 4.69) is 4.90 Å². The van der Waals surface area contributed by atoms with Crippen LogP contribution in [0.15, 0.2) is 0 Å². The Kier molecular flexibility index (Phi) is 22.3. The largest absolute Gasteiger partial charge is 0.501 e. The molecule has 0 saturated heterocycles. The SMILES string of the molecule is CO[Si](CCN(CCN(CCN(CC(=O)N(C)C)CC(=O)N(C)C)CCN(CC(=O)N(C)C)CC(=O)N(C)C)CC(=O)N(C)C)(OC)OC. The summed E-state index contributed by atoms with van der Waals surface area (Å²) in [6.45, 7) is 3.77. The van der Waals surface area contributed by atoms with Crippen LogP contribution in [0.5, 0.6) is 0 Å². The van der Waals surface area contributed by atoms with E-state index in [0.29, 0.717) is 51.9 Å². The van der Waals surface area contributed by atoms with Gasteiger partial charge in [-0.3, -0.25) is 43.6 Å². The first-order valence-electron chi connectivity index (χ1n) is 16.4. The second-order valence-electron chi connectivity index (χ2n) is 13.0. The van der Waals surface area contributed by atoms with Crippen molar-refractivity contribution in [1.29, 1.82) is 0 Å². The molecule has 0 aromatic rings. The summed E-state index contributed by atoms with van der Waals surface area (Å²) in [7, 11) is 18.6. The van der Waals surface area contributed by atoms with Gasteiger partial charge in [0.2, 0.25) is 29.5 Å². The second kappa shape index (κ2) is 23.6. The lowest BCUT2D eigenvalue weighted by atomic mass is 10.3. The molecule has 0 saturated carbocycles. The number of nitrogens with zero attached hydrogens (tertiary/aromatic N) is 9. The minimum absolute atomic E-state index is 0.0581. The molecule has 0 aromatic carbocycles. The van der Waals surface area contributed by atoms with Crippen molar-refractivity contribution in [3.05, 3.63) is 0 Å². The Balaban J connectivity index is 6.29. The molecule has 0 heterocycles. The lowest BCUT2D eigenvalue weighted by molar-refractivity contribution is -0.134. The molecule has 0 radical (unpaired) electrons. The van der Waals surface area contributed by atoms with Gasteiger partial charge in [-0.25, -0.2) is 0 Å². The van der Waals surface area contributed by atoms with Crippen molar-refractivity contribution in [3.8, 4) is 0 Å². The van der Waals surface area contributed by atoms with Gasteiger partial charge in [0.25, 0.3) is 0 Å². The molecule has 0 rings (SSSR count). The van der Waals surface area contributed by atoms with Crippen LogP contribution >= 0.6 is 0 Å². The van der Waals surface area contributed by atoms with Crippen LogP contribution in [0.2, 0.25) is 6.04 Å². The van der Waals surface area contributed by atoms with E-state index in [4.69, 9.17) is 13.3 Å². The molecule has 5 amide bonds. The molecular weight excluding hydrogens is 654 g/mol. The molecule has 0 aliphatic rings. The Morgan fingerprint density at radius 1 is 0.367 bits per heavy atom. The van der Waals surface area contributed by atoms with Gasteiger partial charge in [-0.15, -0.1) is 0 Å². The maximum atomic E-state index is 12.8. The molecule has 0 atom stereocenters. The highest BCUT2D eigenvalue weighted by Crippen LogP contribution is 2.14. The number of hydrogen-bond donors (Lipinski definition) is 0. The van der Waals surface area contributed by atoms with E-state index in [1.54, 1.807) is 96.7 Å². The van der Waals surface area contributed by atoms with Gasteiger partial charge < -0.3 is 37.8 Å². The fourth-order valence-electron chi connectivity index (χ4n) is 4.40. The van der Waals surface area contributed by atoms with E-state index >= 15 is 0 Å². The number of likely N-dealkylation sites (N-methyl/N-ethyl adjacent to an activating group) is 5. The van der Waals surface area contributed by atoms with E-state index < -0.39 is 8.80 Å². The van der Waals surface area contributed by atoms with Gasteiger partial charge in [0, 0.05) is 144 Å². The summed E-state index contributed by atoms with van der Waals surface area (Å²) in [5, 5.41) is 0. The molecule has 286 valence electrons. The summed E-state index contributed by atoms with van der Waals surface area (Å²) in [6.07, 6.45) is 0. The molecule has 0 fully saturated rings. The van der Waals surface area contributed by atoms with Crippen molar-refractivity contribution in [1.82, 2.24) is 44.1 Å². The summed E-state index contributed by atoms with van der Waals surface area (Å²) in [4.78, 5) is 78.9. The van der Waals surface area contributed by atoms with Crippen LogP contribution in [-0.2, 0) is 37.3 Å². The van der Waals surface area contributed by atoms with Gasteiger partial charge in [0.15, 0.2) is 0 Å². The summed E-state index contributed by atoms with van der Waals surface area (Å²) in [6, 6.07) is 0.470. The first kappa shape index (κ1) is 46.3. The van der Waals surface area contributed by atoms with Crippen LogP contribution in [-0.4, -0.2) is 253 Å². The minimum atomic E-state index is -2.91. The zero-order chi connectivity index (χ0) is 37.9. The number of rotatable bonds is 25. The average molecular weight is 720 g/mol. The number of carbonyl (C=O) groups excluding carboxylic acids is 5. The Labute approximate surface area is 295 Å². The topological polar surface area (TPSA) is 142 Å². The van der Waals surface area contributed by atoms with Crippen LogP contribution < -0.4 is 0 Å². The minimum Gasteiger partial charge on any atom is -0.377 e. The highest BCUT2D eigenvalue weighted by Gasteiger charge is 2.38. The smallest absolute Gasteiger partial charge is 0.377 e. The Hall–Kier alpha value is -2.71. The normalized spacial score (nSPS) is 11.8. The average Bonchev–Trinajstić information content (AvgIpc) is 3.03. The van der Waals surface area contributed by atoms with Gasteiger partial charge in [-0.1, -0.05) is 0 Å². The molecule has 0 aliphatic heterocycles. The number of amides is 5. The summed E-state index contributed by atoms with van der Waals surface area (Å²) >= 11 is 0. The van der Waals surface area contributed by atoms with E-state index in [1.807, 2.05) is 14.7 Å². The molecule has 0 aliphatic carbocycles. The molecule has 49 heavy (non-hydrogen) atoms. The van der Waals surface area contributed by atoms with Gasteiger partial charge in [-0.05, 0) is 0 Å². The Morgan fingerprint density at radius 2 is 0.592 bits per heavy atom. The van der Waals surface area contributed by atoms with Crippen LogP contribution in [0.25, 0.3) is 0 Å². The Bertz CT molecular complexity index is 925. The maximum absolute atomic E-state index is 12.8. The second-order valence-corrected chi connectivity index (χ2v) is 16.1. The van der Waals surface area contributed by atoms with Gasteiger partial charge in [0.1, 0.15) is 0 Å². The molecule has 0 spiro atoms. The van der Waals surface area contributed by atoms with Crippen LogP contribution in [0, 0.1) is 0 Å². The van der Waals surface area contributed by atoms with Crippen LogP contribution in [0.4, 0.5) is 0 Å². The monoisotopic (exact) mass is 719 g/mol. The molecule has 0 N–H and O–H groups in total. The predicted octanol–water partition coefficient (Wildman–Crippen LogP) is -2.49. The van der Waals surface area contributed by atoms with Gasteiger partial charge >= 0.3 is 8.80 Å². The quantitative estimate of drug-likeness (QED) is 0.0923. The third-order valence-electron chi connectivity index (χ3n) is 8.15. The zero-order valence-corrected chi connectivity index (χ0v) is 33.5. The van der Waals surface area contributed by atoms with E-state index in [1.165, 1.54) is 19.6 Å². The number of hydrogen-bond acceptors (Lipinski definition) is 12. The van der Waals surface area contributed by atoms with E-state index in [0.717, 1.165) is 0 Å². The third kappa shape index (κ3) is 18.7. The lowest BCUT2D eigenvalue weighted by Crippen LogP contribution is -2.50. The van der Waals surface area contributed by atoms with E-state index in [9.17, 15) is 24.0 Å². The molecule has 18 heteroatoms. The molecule has 0 aromatic heterocycles. The molecule has 0 unspecified atom stereocenters. The third-order valence-corrected chi connectivity index (χ3v) is 10.9. The highest BCUT2D eigenvalue weighted by molar-refractivity contribution is 6.60. The van der Waals surface area contributed by atoms with Crippen molar-refractivity contribution in [2.45, 2.75) is 6.04 Å². The maximum Gasteiger partial charge on any atom is 0.501 e. The fraction of sp³-hybridized carbons (Fsp3) is 0.839. The summed E-state index contributed by atoms with van der Waals surface area (Å²) < 4.78 is 16.8. The van der Waals surface area contributed by atoms with Crippen LogP contribution in [0.3, 0.4) is 0 Å². The lowest BCUT2D eigenvalue weighted by Gasteiger charge is -2.33. The van der Waals surface area contributed by atoms with Crippen molar-refractivity contribution < 1.29 is 37.3 Å². The standard InChI is InChI=1S/C31H65N9O8Si/c1-32(2)27(41)22-38(20-21-49(46-11,47-12)48-13)17-14-37(15-18-39(23-28(42)33(3)4)24-29(43)34(5)6)16-19-40(25-30(44)35(7)8)26-31(45)36(9)10/h14-26H2,1-13H3. The molecule has 0 bridgehead atoms. The highest BCUT2D eigenvalue weighted by atomic mass is 28.4. The molecular formula is C31H65N9O8Si. The Morgan fingerprint density at radius 3 is 0.837 bits per heavy atom. The van der Waals surface area contributed by atoms with E-state index in [-0.39, 0.29) is 62.3 Å². The summed E-state index contributed by atoms with van der Waals surface area (Å²) in [5.41, 5.74) is 0. The zero-order valence-electron chi connectivity index (χ0n) is 32.5. The van der Waals surface area contributed by atoms with Crippen molar-refractivity contribution in [2.75, 3.05) is 170 Å². The first-order valence-corrected chi connectivity index (χ1v) is 18.3. The predicted molar refractivity (Wildman–Crippen MR) is 191 cm³/mol. The first-order chi connectivity index (χ1) is 22.8. The van der Waals surface area contributed by atoms with Gasteiger partial charge in [0.05, 0.1) is 32.7 Å². The van der Waals surface area contributed by atoms with Crippen molar-refractivity contribution in [3.63, 3.8) is 0 Å². The van der Waals surface area contributed by atoms with Crippen LogP contribution in [0.1, 0.15) is 0 Å². The summed E-state index contributed by atoms with van der Waals surface area (Å²) in [5.74, 6) is -0.543. The molecule has 17 nitrogen and oxygen atoms in total. The van der Waals surface area contributed by atoms with Crippen molar-refractivity contribution in [2.24, 2.45) is 0 Å².